The number of rotatable bonds is 2. The van der Waals surface area contributed by atoms with Gasteiger partial charge < -0.3 is 0 Å². The number of nitrogens with zero attached hydrogens (tertiary/aromatic N) is 3. The van der Waals surface area contributed by atoms with Gasteiger partial charge in [0, 0.05) is 17.7 Å². The number of hydrogen-bond donors (Lipinski definition) is 1. The van der Waals surface area contributed by atoms with Crippen LogP contribution in [0.2, 0.25) is 0 Å². The molecule has 0 aliphatic carbocycles. The van der Waals surface area contributed by atoms with Gasteiger partial charge >= 0.3 is 5.69 Å². The van der Waals surface area contributed by atoms with E-state index in [2.05, 4.69) is 31.1 Å². The molecular weight excluding hydrogens is 280 g/mol. The third kappa shape index (κ3) is 2.29. The van der Waals surface area contributed by atoms with Gasteiger partial charge in [0.05, 0.1) is 0 Å². The first-order chi connectivity index (χ1) is 7.16. The summed E-state index contributed by atoms with van der Waals surface area (Å²) < 4.78 is 2.36. The Hall–Kier alpha value is -1.08. The standard InChI is InChI=1S/C8H7BrN4OS/c1-13-7(14)11-12-8(13)15-6-3-2-5(9)4-10-6/h2-4H,1H3,(H,11,14). The molecule has 0 atom stereocenters. The van der Waals surface area contributed by atoms with E-state index in [4.69, 9.17) is 0 Å². The number of pyridine rings is 1. The predicted molar refractivity (Wildman–Crippen MR) is 59.9 cm³/mol. The fourth-order valence-electron chi connectivity index (χ4n) is 0.940. The number of nitrogens with one attached hydrogen (secondary N) is 1. The van der Waals surface area contributed by atoms with Gasteiger partial charge in [-0.1, -0.05) is 0 Å². The number of halogens is 1. The van der Waals surface area contributed by atoms with E-state index in [0.29, 0.717) is 5.16 Å². The van der Waals surface area contributed by atoms with Gasteiger partial charge in [-0.3, -0.25) is 4.57 Å². The molecule has 0 radical (unpaired) electrons. The van der Waals surface area contributed by atoms with Crippen LogP contribution >= 0.6 is 27.7 Å². The Morgan fingerprint density at radius 3 is 2.87 bits per heavy atom. The normalized spacial score (nSPS) is 10.5. The summed E-state index contributed by atoms with van der Waals surface area (Å²) in [6.07, 6.45) is 1.70. The van der Waals surface area contributed by atoms with E-state index in [1.54, 1.807) is 13.2 Å². The van der Waals surface area contributed by atoms with Crippen molar-refractivity contribution in [3.8, 4) is 0 Å². The molecule has 0 aliphatic rings. The highest BCUT2D eigenvalue weighted by Crippen LogP contribution is 2.23. The minimum Gasteiger partial charge on any atom is -0.273 e. The molecule has 0 saturated carbocycles. The van der Waals surface area contributed by atoms with Gasteiger partial charge in [-0.05, 0) is 39.8 Å². The smallest absolute Gasteiger partial charge is 0.273 e. The van der Waals surface area contributed by atoms with Crippen LogP contribution in [0.15, 0.2) is 37.8 Å². The average molecular weight is 287 g/mol. The first-order valence-corrected chi connectivity index (χ1v) is 5.68. The Morgan fingerprint density at radius 2 is 2.33 bits per heavy atom. The Balaban J connectivity index is 2.26. The highest BCUT2D eigenvalue weighted by atomic mass is 79.9. The molecule has 0 fully saturated rings. The predicted octanol–water partition coefficient (Wildman–Crippen LogP) is 1.42. The minimum atomic E-state index is -0.227. The minimum absolute atomic E-state index is 0.227. The Bertz CT molecular complexity index is 518. The molecule has 15 heavy (non-hydrogen) atoms. The highest BCUT2D eigenvalue weighted by molar-refractivity contribution is 9.10. The lowest BCUT2D eigenvalue weighted by molar-refractivity contribution is 0.764. The van der Waals surface area contributed by atoms with Crippen molar-refractivity contribution in [3.05, 3.63) is 33.3 Å². The molecule has 5 nitrogen and oxygen atoms in total. The number of hydrogen-bond acceptors (Lipinski definition) is 4. The summed E-state index contributed by atoms with van der Waals surface area (Å²) in [7, 11) is 1.66. The summed E-state index contributed by atoms with van der Waals surface area (Å²) in [6.45, 7) is 0. The first-order valence-electron chi connectivity index (χ1n) is 4.07. The lowest BCUT2D eigenvalue weighted by Gasteiger charge is -1.98. The van der Waals surface area contributed by atoms with Crippen molar-refractivity contribution in [3.63, 3.8) is 0 Å². The summed E-state index contributed by atoms with van der Waals surface area (Å²) in [5, 5.41) is 7.62. The second-order valence-corrected chi connectivity index (χ2v) is 4.69. The third-order valence-electron chi connectivity index (χ3n) is 1.73. The zero-order valence-electron chi connectivity index (χ0n) is 7.77. The van der Waals surface area contributed by atoms with Crippen molar-refractivity contribution in [2.45, 2.75) is 10.2 Å². The topological polar surface area (TPSA) is 63.6 Å². The fourth-order valence-corrected chi connectivity index (χ4v) is 1.91. The Labute approximate surface area is 98.1 Å². The van der Waals surface area contributed by atoms with Gasteiger partial charge in [0.25, 0.3) is 0 Å². The summed E-state index contributed by atoms with van der Waals surface area (Å²) in [5.74, 6) is 0. The van der Waals surface area contributed by atoms with E-state index < -0.39 is 0 Å². The van der Waals surface area contributed by atoms with Gasteiger partial charge in [-0.2, -0.15) is 0 Å². The maximum absolute atomic E-state index is 11.1. The molecule has 0 spiro atoms. The van der Waals surface area contributed by atoms with Gasteiger partial charge in [-0.15, -0.1) is 5.10 Å². The van der Waals surface area contributed by atoms with E-state index in [9.17, 15) is 4.79 Å². The van der Waals surface area contributed by atoms with E-state index in [0.717, 1.165) is 9.50 Å². The maximum Gasteiger partial charge on any atom is 0.343 e. The molecule has 7 heteroatoms. The second kappa shape index (κ2) is 4.19. The molecule has 2 heterocycles. The zero-order chi connectivity index (χ0) is 10.8. The van der Waals surface area contributed by atoms with E-state index in [1.807, 2.05) is 12.1 Å². The average Bonchev–Trinajstić information content (AvgIpc) is 2.53. The SMILES string of the molecule is Cn1c(Sc2ccc(Br)cn2)n[nH]c1=O. The van der Waals surface area contributed by atoms with Crippen molar-refractivity contribution in [1.82, 2.24) is 19.7 Å². The molecule has 0 unspecified atom stereocenters. The Kier molecular flexibility index (Phi) is 2.92. The van der Waals surface area contributed by atoms with Crippen LogP contribution in [-0.4, -0.2) is 19.7 Å². The molecule has 2 aromatic rings. The van der Waals surface area contributed by atoms with Crippen LogP contribution in [0.3, 0.4) is 0 Å². The van der Waals surface area contributed by atoms with E-state index in [-0.39, 0.29) is 5.69 Å². The number of H-pyrrole nitrogens is 1. The summed E-state index contributed by atoms with van der Waals surface area (Å²) >= 11 is 4.63. The van der Waals surface area contributed by atoms with Gasteiger partial charge in [-0.25, -0.2) is 14.9 Å². The monoisotopic (exact) mass is 286 g/mol. The van der Waals surface area contributed by atoms with Gasteiger partial charge in [0.15, 0.2) is 5.16 Å². The molecule has 78 valence electrons. The molecule has 2 aromatic heterocycles. The van der Waals surface area contributed by atoms with Crippen LogP contribution in [0, 0.1) is 0 Å². The largest absolute Gasteiger partial charge is 0.343 e. The highest BCUT2D eigenvalue weighted by Gasteiger charge is 2.06. The van der Waals surface area contributed by atoms with Crippen molar-refractivity contribution in [2.24, 2.45) is 7.05 Å². The first kappa shape index (κ1) is 10.4. The third-order valence-corrected chi connectivity index (χ3v) is 3.20. The Morgan fingerprint density at radius 1 is 1.53 bits per heavy atom. The van der Waals surface area contributed by atoms with Gasteiger partial charge in [0.1, 0.15) is 5.03 Å². The molecule has 0 aromatic carbocycles. The zero-order valence-corrected chi connectivity index (χ0v) is 10.2. The van der Waals surface area contributed by atoms with Crippen LogP contribution in [0.1, 0.15) is 0 Å². The van der Waals surface area contributed by atoms with Crippen molar-refractivity contribution in [1.29, 1.82) is 0 Å². The van der Waals surface area contributed by atoms with Crippen molar-refractivity contribution < 1.29 is 0 Å². The van der Waals surface area contributed by atoms with E-state index >= 15 is 0 Å². The van der Waals surface area contributed by atoms with Gasteiger partial charge in [0.2, 0.25) is 0 Å². The fraction of sp³-hybridized carbons (Fsp3) is 0.125. The molecule has 1 N–H and O–H groups in total. The maximum atomic E-state index is 11.1. The second-order valence-electron chi connectivity index (χ2n) is 2.79. The molecule has 2 rings (SSSR count). The quantitative estimate of drug-likeness (QED) is 0.907. The number of aromatic nitrogens is 4. The molecule has 0 amide bonds. The molecule has 0 bridgehead atoms. The van der Waals surface area contributed by atoms with Crippen LogP contribution in [0.25, 0.3) is 0 Å². The van der Waals surface area contributed by atoms with Crippen LogP contribution in [0.5, 0.6) is 0 Å². The molecule has 0 aliphatic heterocycles. The molecular formula is C8H7BrN4OS. The van der Waals surface area contributed by atoms with Crippen LogP contribution < -0.4 is 5.69 Å². The summed E-state index contributed by atoms with van der Waals surface area (Å²) in [4.78, 5) is 15.3. The van der Waals surface area contributed by atoms with Crippen LogP contribution in [-0.2, 0) is 7.05 Å². The van der Waals surface area contributed by atoms with E-state index in [1.165, 1.54) is 16.3 Å². The van der Waals surface area contributed by atoms with Crippen LogP contribution in [0.4, 0.5) is 0 Å². The lowest BCUT2D eigenvalue weighted by atomic mass is 10.5. The molecule has 0 saturated heterocycles. The van der Waals surface area contributed by atoms with Crippen molar-refractivity contribution in [2.75, 3.05) is 0 Å². The summed E-state index contributed by atoms with van der Waals surface area (Å²) in [5.41, 5.74) is -0.227. The van der Waals surface area contributed by atoms with Crippen molar-refractivity contribution >= 4 is 27.7 Å². The summed E-state index contributed by atoms with van der Waals surface area (Å²) in [6, 6.07) is 3.74. The lowest BCUT2D eigenvalue weighted by Crippen LogP contribution is -2.12. The number of aromatic amines is 1.